The van der Waals surface area contributed by atoms with Crippen LogP contribution in [0.4, 0.5) is 5.69 Å². The lowest BCUT2D eigenvalue weighted by Gasteiger charge is -2.12. The summed E-state index contributed by atoms with van der Waals surface area (Å²) >= 11 is 5.87. The maximum absolute atomic E-state index is 12.1. The van der Waals surface area contributed by atoms with Gasteiger partial charge in [0.25, 0.3) is 5.91 Å². The van der Waals surface area contributed by atoms with Crippen molar-refractivity contribution >= 4 is 41.0 Å². The fourth-order valence-electron chi connectivity index (χ4n) is 2.10. The second-order valence-electron chi connectivity index (χ2n) is 5.59. The molecule has 0 aliphatic carbocycles. The van der Waals surface area contributed by atoms with E-state index in [0.29, 0.717) is 16.3 Å². The summed E-state index contributed by atoms with van der Waals surface area (Å²) in [6.07, 6.45) is 1.79. The van der Waals surface area contributed by atoms with Crippen LogP contribution >= 0.6 is 11.6 Å². The molecule has 1 unspecified atom stereocenters. The van der Waals surface area contributed by atoms with E-state index < -0.39 is 18.0 Å². The molecule has 0 spiro atoms. The normalized spacial score (nSPS) is 11.8. The summed E-state index contributed by atoms with van der Waals surface area (Å²) in [4.78, 5) is 35.4. The maximum Gasteiger partial charge on any atom is 0.331 e. The van der Waals surface area contributed by atoms with Gasteiger partial charge in [0.05, 0.1) is 0 Å². The molecule has 26 heavy (non-hydrogen) atoms. The fourth-order valence-corrected chi connectivity index (χ4v) is 2.30. The van der Waals surface area contributed by atoms with Gasteiger partial charge in [0.15, 0.2) is 11.9 Å². The first-order valence-electron chi connectivity index (χ1n) is 7.91. The molecule has 0 saturated carbocycles. The fraction of sp³-hybridized carbons (Fsp3) is 0.150. The van der Waals surface area contributed by atoms with Crippen LogP contribution in [0.2, 0.25) is 5.02 Å². The number of amides is 1. The van der Waals surface area contributed by atoms with Gasteiger partial charge in [-0.1, -0.05) is 35.9 Å². The van der Waals surface area contributed by atoms with Crippen LogP contribution in [0, 0.1) is 0 Å². The van der Waals surface area contributed by atoms with Crippen LogP contribution in [0.5, 0.6) is 0 Å². The SMILES string of the molecule is CC(=O)c1cccc(NC(=O)C(C)OC(=O)/C=C/c2cccc(Cl)c2)c1. The molecule has 6 heteroatoms. The first-order valence-corrected chi connectivity index (χ1v) is 8.29. The topological polar surface area (TPSA) is 72.5 Å². The van der Waals surface area contributed by atoms with Crippen molar-refractivity contribution < 1.29 is 19.1 Å². The van der Waals surface area contributed by atoms with Crippen molar-refractivity contribution in [2.24, 2.45) is 0 Å². The van der Waals surface area contributed by atoms with Crippen LogP contribution in [0.3, 0.4) is 0 Å². The Bertz CT molecular complexity index is 860. The summed E-state index contributed by atoms with van der Waals surface area (Å²) in [5.41, 5.74) is 1.68. The zero-order valence-corrected chi connectivity index (χ0v) is 15.1. The third-order valence-corrected chi connectivity index (χ3v) is 3.69. The van der Waals surface area contributed by atoms with Gasteiger partial charge in [0.1, 0.15) is 0 Å². The van der Waals surface area contributed by atoms with Crippen molar-refractivity contribution in [3.05, 3.63) is 70.8 Å². The van der Waals surface area contributed by atoms with Gasteiger partial charge in [-0.05, 0) is 49.8 Å². The van der Waals surface area contributed by atoms with Crippen LogP contribution < -0.4 is 5.32 Å². The molecule has 0 aromatic heterocycles. The smallest absolute Gasteiger partial charge is 0.331 e. The number of ether oxygens (including phenoxy) is 1. The van der Waals surface area contributed by atoms with Gasteiger partial charge >= 0.3 is 5.97 Å². The summed E-state index contributed by atoms with van der Waals surface area (Å²) in [5, 5.41) is 3.17. The number of carbonyl (C=O) groups excluding carboxylic acids is 3. The molecular weight excluding hydrogens is 354 g/mol. The molecule has 1 atom stereocenters. The van der Waals surface area contributed by atoms with Crippen molar-refractivity contribution in [1.29, 1.82) is 0 Å². The van der Waals surface area contributed by atoms with E-state index in [9.17, 15) is 14.4 Å². The Labute approximate surface area is 156 Å². The molecule has 0 saturated heterocycles. The molecule has 2 aromatic carbocycles. The summed E-state index contributed by atoms with van der Waals surface area (Å²) in [6.45, 7) is 2.91. The Hall–Kier alpha value is -2.92. The van der Waals surface area contributed by atoms with E-state index in [1.54, 1.807) is 54.6 Å². The first-order chi connectivity index (χ1) is 12.3. The lowest BCUT2D eigenvalue weighted by atomic mass is 10.1. The van der Waals surface area contributed by atoms with Gasteiger partial charge in [-0.25, -0.2) is 4.79 Å². The monoisotopic (exact) mass is 371 g/mol. The molecule has 0 bridgehead atoms. The zero-order valence-electron chi connectivity index (χ0n) is 14.4. The Balaban J connectivity index is 1.93. The van der Waals surface area contributed by atoms with E-state index in [2.05, 4.69) is 5.32 Å². The van der Waals surface area contributed by atoms with Crippen LogP contribution in [0.15, 0.2) is 54.6 Å². The van der Waals surface area contributed by atoms with E-state index in [1.165, 1.54) is 19.9 Å². The van der Waals surface area contributed by atoms with E-state index >= 15 is 0 Å². The molecule has 1 N–H and O–H groups in total. The van der Waals surface area contributed by atoms with Crippen molar-refractivity contribution in [2.45, 2.75) is 20.0 Å². The summed E-state index contributed by atoms with van der Waals surface area (Å²) in [7, 11) is 0. The molecular formula is C20H18ClNO4. The standard InChI is InChI=1S/C20H18ClNO4/c1-13(23)16-6-4-8-18(12-16)22-20(25)14(2)26-19(24)10-9-15-5-3-7-17(21)11-15/h3-12,14H,1-2H3,(H,22,25)/b10-9+. The molecule has 0 radical (unpaired) electrons. The Kier molecular flexibility index (Phi) is 6.69. The predicted molar refractivity (Wildman–Crippen MR) is 101 cm³/mol. The Morgan fingerprint density at radius 3 is 2.54 bits per heavy atom. The highest BCUT2D eigenvalue weighted by Crippen LogP contribution is 2.13. The number of carbonyl (C=O) groups is 3. The number of hydrogen-bond acceptors (Lipinski definition) is 4. The molecule has 1 amide bonds. The van der Waals surface area contributed by atoms with Gasteiger partial charge in [-0.2, -0.15) is 0 Å². The van der Waals surface area contributed by atoms with E-state index in [1.807, 2.05) is 0 Å². The minimum absolute atomic E-state index is 0.105. The number of esters is 1. The summed E-state index contributed by atoms with van der Waals surface area (Å²) < 4.78 is 5.08. The quantitative estimate of drug-likeness (QED) is 0.471. The number of benzene rings is 2. The van der Waals surface area contributed by atoms with E-state index in [-0.39, 0.29) is 5.78 Å². The second-order valence-corrected chi connectivity index (χ2v) is 6.03. The highest BCUT2D eigenvalue weighted by Gasteiger charge is 2.17. The largest absolute Gasteiger partial charge is 0.449 e. The number of ketones is 1. The van der Waals surface area contributed by atoms with Crippen LogP contribution in [-0.4, -0.2) is 23.8 Å². The number of Topliss-reactive ketones (excluding diaryl/α,β-unsaturated/α-hetero) is 1. The summed E-state index contributed by atoms with van der Waals surface area (Å²) in [5.74, 6) is -1.24. The van der Waals surface area contributed by atoms with Crippen molar-refractivity contribution in [3.63, 3.8) is 0 Å². The van der Waals surface area contributed by atoms with Crippen LogP contribution in [0.1, 0.15) is 29.8 Å². The highest BCUT2D eigenvalue weighted by atomic mass is 35.5. The van der Waals surface area contributed by atoms with Crippen molar-refractivity contribution in [2.75, 3.05) is 5.32 Å². The number of nitrogens with one attached hydrogen (secondary N) is 1. The third kappa shape index (κ3) is 5.86. The lowest BCUT2D eigenvalue weighted by molar-refractivity contribution is -0.148. The lowest BCUT2D eigenvalue weighted by Crippen LogP contribution is -2.29. The van der Waals surface area contributed by atoms with Gasteiger partial charge in [0, 0.05) is 22.3 Å². The maximum atomic E-state index is 12.1. The molecule has 0 aliphatic rings. The first kappa shape index (κ1) is 19.4. The van der Waals surface area contributed by atoms with Gasteiger partial charge < -0.3 is 10.1 Å². The van der Waals surface area contributed by atoms with Gasteiger partial charge in [0.2, 0.25) is 0 Å². The van der Waals surface area contributed by atoms with Crippen molar-refractivity contribution in [3.8, 4) is 0 Å². The average molecular weight is 372 g/mol. The number of halogens is 1. The number of anilines is 1. The molecule has 134 valence electrons. The van der Waals surface area contributed by atoms with Crippen LogP contribution in [0.25, 0.3) is 6.08 Å². The van der Waals surface area contributed by atoms with Gasteiger partial charge in [-0.3, -0.25) is 9.59 Å². The average Bonchev–Trinajstić information content (AvgIpc) is 2.60. The van der Waals surface area contributed by atoms with Crippen LogP contribution in [-0.2, 0) is 14.3 Å². The Morgan fingerprint density at radius 1 is 1.12 bits per heavy atom. The number of hydrogen-bond donors (Lipinski definition) is 1. The Morgan fingerprint density at radius 2 is 1.85 bits per heavy atom. The molecule has 5 nitrogen and oxygen atoms in total. The molecule has 0 heterocycles. The highest BCUT2D eigenvalue weighted by molar-refractivity contribution is 6.30. The summed E-state index contributed by atoms with van der Waals surface area (Å²) in [6, 6.07) is 13.5. The molecule has 0 aliphatic heterocycles. The van der Waals surface area contributed by atoms with Crippen molar-refractivity contribution in [1.82, 2.24) is 0 Å². The third-order valence-electron chi connectivity index (χ3n) is 3.46. The molecule has 0 fully saturated rings. The predicted octanol–water partition coefficient (Wildman–Crippen LogP) is 4.13. The zero-order chi connectivity index (χ0) is 19.1. The molecule has 2 rings (SSSR count). The van der Waals surface area contributed by atoms with E-state index in [0.717, 1.165) is 5.56 Å². The number of rotatable bonds is 6. The second kappa shape index (κ2) is 8.97. The van der Waals surface area contributed by atoms with E-state index in [4.69, 9.17) is 16.3 Å². The minimum Gasteiger partial charge on any atom is -0.449 e. The minimum atomic E-state index is -0.993. The molecule has 2 aromatic rings. The van der Waals surface area contributed by atoms with Gasteiger partial charge in [-0.15, -0.1) is 0 Å².